The summed E-state index contributed by atoms with van der Waals surface area (Å²) in [6.45, 7) is 0.939. The topological polar surface area (TPSA) is 144 Å². The monoisotopic (exact) mass is 470 g/mol. The summed E-state index contributed by atoms with van der Waals surface area (Å²) in [5, 5.41) is 12.0. The zero-order valence-corrected chi connectivity index (χ0v) is 18.6. The Morgan fingerprint density at radius 2 is 1.62 bits per heavy atom. The van der Waals surface area contributed by atoms with Gasteiger partial charge in [-0.2, -0.15) is 0 Å². The maximum absolute atomic E-state index is 13.2. The smallest absolute Gasteiger partial charge is 0.328 e. The Morgan fingerprint density at radius 1 is 1.00 bits per heavy atom. The van der Waals surface area contributed by atoms with Crippen LogP contribution in [-0.2, 0) is 19.2 Å². The van der Waals surface area contributed by atoms with Crippen LogP contribution in [0.25, 0.3) is 0 Å². The first kappa shape index (κ1) is 23.6. The quantitative estimate of drug-likeness (QED) is 0.524. The number of carboxylic acid groups (broad SMARTS) is 1. The van der Waals surface area contributed by atoms with E-state index in [1.54, 1.807) is 12.1 Å². The van der Waals surface area contributed by atoms with Crippen LogP contribution < -0.4 is 5.32 Å². The Hall–Kier alpha value is -3.60. The summed E-state index contributed by atoms with van der Waals surface area (Å²) < 4.78 is 0. The van der Waals surface area contributed by atoms with E-state index in [-0.39, 0.29) is 30.5 Å². The summed E-state index contributed by atoms with van der Waals surface area (Å²) in [7, 11) is 0. The van der Waals surface area contributed by atoms with E-state index in [4.69, 9.17) is 0 Å². The Balaban J connectivity index is 1.46. The molecule has 0 aliphatic carbocycles. The molecule has 3 heterocycles. The van der Waals surface area contributed by atoms with Crippen molar-refractivity contribution in [1.82, 2.24) is 20.0 Å². The lowest BCUT2D eigenvalue weighted by Crippen LogP contribution is -2.60. The summed E-state index contributed by atoms with van der Waals surface area (Å²) in [5.41, 5.74) is 0.356. The van der Waals surface area contributed by atoms with Crippen molar-refractivity contribution in [2.24, 2.45) is 0 Å². The highest BCUT2D eigenvalue weighted by Crippen LogP contribution is 2.29. The molecule has 34 heavy (non-hydrogen) atoms. The molecule has 0 radical (unpaired) electrons. The highest BCUT2D eigenvalue weighted by molar-refractivity contribution is 6.23. The number of amides is 5. The molecule has 0 aromatic heterocycles. The molecule has 0 saturated carbocycles. The fourth-order valence-corrected chi connectivity index (χ4v) is 4.67. The maximum Gasteiger partial charge on any atom is 0.328 e. The van der Waals surface area contributed by atoms with Gasteiger partial charge in [0.2, 0.25) is 11.8 Å². The molecule has 4 rings (SSSR count). The van der Waals surface area contributed by atoms with Gasteiger partial charge in [0.25, 0.3) is 17.7 Å². The Labute approximate surface area is 195 Å². The van der Waals surface area contributed by atoms with E-state index in [0.29, 0.717) is 0 Å². The molecule has 2 saturated heterocycles. The lowest BCUT2D eigenvalue weighted by molar-refractivity contribution is -0.154. The van der Waals surface area contributed by atoms with Crippen LogP contribution in [0.2, 0.25) is 0 Å². The van der Waals surface area contributed by atoms with Crippen molar-refractivity contribution < 1.29 is 33.9 Å². The molecular formula is C23H26N4O7. The van der Waals surface area contributed by atoms with Gasteiger partial charge in [-0.25, -0.2) is 4.79 Å². The van der Waals surface area contributed by atoms with Crippen LogP contribution in [0.4, 0.5) is 0 Å². The number of benzene rings is 1. The van der Waals surface area contributed by atoms with Crippen LogP contribution in [0, 0.1) is 0 Å². The minimum atomic E-state index is -1.51. The van der Waals surface area contributed by atoms with E-state index in [0.717, 1.165) is 42.2 Å². The Kier molecular flexibility index (Phi) is 6.73. The van der Waals surface area contributed by atoms with Crippen molar-refractivity contribution in [2.75, 3.05) is 26.2 Å². The summed E-state index contributed by atoms with van der Waals surface area (Å²) in [6.07, 6.45) is 2.83. The summed E-state index contributed by atoms with van der Waals surface area (Å²) in [5.74, 6) is -4.61. The first-order valence-corrected chi connectivity index (χ1v) is 11.3. The first-order chi connectivity index (χ1) is 16.3. The van der Waals surface area contributed by atoms with Crippen molar-refractivity contribution in [3.8, 4) is 0 Å². The van der Waals surface area contributed by atoms with Crippen LogP contribution in [0.5, 0.6) is 0 Å². The number of aliphatic carboxylic acids is 1. The minimum Gasteiger partial charge on any atom is -0.480 e. The zero-order chi connectivity index (χ0) is 24.4. The maximum atomic E-state index is 13.2. The molecule has 11 nitrogen and oxygen atoms in total. The lowest BCUT2D eigenvalue weighted by atomic mass is 10.0. The second kappa shape index (κ2) is 9.72. The average Bonchev–Trinajstić information content (AvgIpc) is 3.07. The third-order valence-corrected chi connectivity index (χ3v) is 6.44. The van der Waals surface area contributed by atoms with Gasteiger partial charge in [-0.15, -0.1) is 0 Å². The van der Waals surface area contributed by atoms with E-state index in [1.807, 2.05) is 4.90 Å². The molecule has 180 valence electrons. The van der Waals surface area contributed by atoms with Crippen LogP contribution in [0.3, 0.4) is 0 Å². The van der Waals surface area contributed by atoms with Crippen molar-refractivity contribution >= 4 is 35.5 Å². The van der Waals surface area contributed by atoms with Crippen LogP contribution >= 0.6 is 0 Å². The number of imide groups is 2. The number of fused-ring (bicyclic) bond motifs is 1. The van der Waals surface area contributed by atoms with Gasteiger partial charge in [0.15, 0.2) is 0 Å². The summed E-state index contributed by atoms with van der Waals surface area (Å²) >= 11 is 0. The molecule has 0 bridgehead atoms. The molecular weight excluding hydrogens is 444 g/mol. The summed E-state index contributed by atoms with van der Waals surface area (Å²) in [4.78, 5) is 79.0. The predicted molar refractivity (Wildman–Crippen MR) is 117 cm³/mol. The van der Waals surface area contributed by atoms with Gasteiger partial charge in [-0.3, -0.25) is 38.7 Å². The van der Waals surface area contributed by atoms with Crippen molar-refractivity contribution in [3.05, 3.63) is 35.4 Å². The van der Waals surface area contributed by atoms with Crippen LogP contribution in [0.15, 0.2) is 24.3 Å². The van der Waals surface area contributed by atoms with E-state index < -0.39 is 54.1 Å². The first-order valence-electron chi connectivity index (χ1n) is 11.3. The normalized spacial score (nSPS) is 22.1. The number of carbonyl (C=O) groups excluding carboxylic acids is 5. The van der Waals surface area contributed by atoms with Gasteiger partial charge in [0.05, 0.1) is 24.2 Å². The standard InChI is InChI=1S/C23H26N4O7/c28-18(13-25-10-4-1-5-11-25)24-16(23(33)34)12-26-19(29)9-8-17(22(26)32)27-20(30)14-6-2-3-7-15(14)21(27)31/h2-3,6-7,16-17H,1,4-5,8-13H2,(H,24,28)(H,33,34). The van der Waals surface area contributed by atoms with Gasteiger partial charge in [0, 0.05) is 6.42 Å². The number of hydrogen-bond donors (Lipinski definition) is 2. The predicted octanol–water partition coefficient (Wildman–Crippen LogP) is -0.144. The number of rotatable bonds is 7. The van der Waals surface area contributed by atoms with Crippen LogP contribution in [-0.4, -0.2) is 93.6 Å². The molecule has 2 N–H and O–H groups in total. The molecule has 1 aromatic carbocycles. The fraction of sp³-hybridized carbons (Fsp3) is 0.478. The van der Waals surface area contributed by atoms with Crippen LogP contribution in [0.1, 0.15) is 52.8 Å². The van der Waals surface area contributed by atoms with Crippen molar-refractivity contribution in [1.29, 1.82) is 0 Å². The lowest BCUT2D eigenvalue weighted by Gasteiger charge is -2.35. The highest BCUT2D eigenvalue weighted by Gasteiger charge is 2.47. The SMILES string of the molecule is O=C(CN1CCCCC1)NC(CN1C(=O)CCC(N2C(=O)c3ccccc3C2=O)C1=O)C(=O)O. The number of piperidine rings is 2. The average molecular weight is 470 g/mol. The van der Waals surface area contributed by atoms with E-state index >= 15 is 0 Å². The number of carboxylic acids is 1. The van der Waals surface area contributed by atoms with Gasteiger partial charge < -0.3 is 10.4 Å². The second-order valence-electron chi connectivity index (χ2n) is 8.72. The summed E-state index contributed by atoms with van der Waals surface area (Å²) in [6, 6.07) is 3.47. The molecule has 0 spiro atoms. The molecule has 2 unspecified atom stereocenters. The molecule has 5 amide bonds. The molecule has 3 aliphatic rings. The van der Waals surface area contributed by atoms with E-state index in [2.05, 4.69) is 5.32 Å². The second-order valence-corrected chi connectivity index (χ2v) is 8.72. The third kappa shape index (κ3) is 4.56. The van der Waals surface area contributed by atoms with E-state index in [9.17, 15) is 33.9 Å². The number of likely N-dealkylation sites (tertiary alicyclic amines) is 2. The third-order valence-electron chi connectivity index (χ3n) is 6.44. The van der Waals surface area contributed by atoms with Crippen molar-refractivity contribution in [2.45, 2.75) is 44.2 Å². The molecule has 2 atom stereocenters. The van der Waals surface area contributed by atoms with Gasteiger partial charge in [0.1, 0.15) is 12.1 Å². The Morgan fingerprint density at radius 3 is 2.21 bits per heavy atom. The van der Waals surface area contributed by atoms with Gasteiger partial charge >= 0.3 is 5.97 Å². The number of nitrogens with one attached hydrogen (secondary N) is 1. The number of hydrogen-bond acceptors (Lipinski definition) is 7. The molecule has 11 heteroatoms. The molecule has 2 fully saturated rings. The van der Waals surface area contributed by atoms with Gasteiger partial charge in [-0.05, 0) is 44.5 Å². The number of nitrogens with zero attached hydrogens (tertiary/aromatic N) is 3. The molecule has 1 aromatic rings. The van der Waals surface area contributed by atoms with Gasteiger partial charge in [-0.1, -0.05) is 18.6 Å². The van der Waals surface area contributed by atoms with E-state index in [1.165, 1.54) is 12.1 Å². The number of carbonyl (C=O) groups is 6. The highest BCUT2D eigenvalue weighted by atomic mass is 16.4. The minimum absolute atomic E-state index is 0.0311. The van der Waals surface area contributed by atoms with Crippen molar-refractivity contribution in [3.63, 3.8) is 0 Å². The fourth-order valence-electron chi connectivity index (χ4n) is 4.67. The largest absolute Gasteiger partial charge is 0.480 e. The zero-order valence-electron chi connectivity index (χ0n) is 18.6. The Bertz CT molecular complexity index is 1010. The molecule has 3 aliphatic heterocycles.